The van der Waals surface area contributed by atoms with E-state index < -0.39 is 0 Å². The third-order valence-corrected chi connectivity index (χ3v) is 5.28. The van der Waals surface area contributed by atoms with Gasteiger partial charge in [-0.15, -0.1) is 0 Å². The predicted octanol–water partition coefficient (Wildman–Crippen LogP) is 4.44. The summed E-state index contributed by atoms with van der Waals surface area (Å²) in [6, 6.07) is 21.0. The van der Waals surface area contributed by atoms with E-state index in [2.05, 4.69) is 4.90 Å². The van der Waals surface area contributed by atoms with Crippen LogP contribution in [0.25, 0.3) is 0 Å². The topological polar surface area (TPSA) is 55.2 Å². The van der Waals surface area contributed by atoms with E-state index in [-0.39, 0.29) is 5.91 Å². The van der Waals surface area contributed by atoms with Gasteiger partial charge < -0.3 is 18.8 Å². The fourth-order valence-corrected chi connectivity index (χ4v) is 3.67. The van der Waals surface area contributed by atoms with Gasteiger partial charge in [0.2, 0.25) is 0 Å². The monoisotopic (exact) mass is 420 g/mol. The number of morpholine rings is 1. The van der Waals surface area contributed by atoms with Gasteiger partial charge >= 0.3 is 0 Å². The normalized spacial score (nSPS) is 14.3. The number of hydrogen-bond acceptors (Lipinski definition) is 5. The second-order valence-corrected chi connectivity index (χ2v) is 7.57. The molecule has 1 aliphatic rings. The van der Waals surface area contributed by atoms with Crippen LogP contribution in [0.3, 0.4) is 0 Å². The Morgan fingerprint density at radius 3 is 2.55 bits per heavy atom. The van der Waals surface area contributed by atoms with Gasteiger partial charge in [-0.25, -0.2) is 0 Å². The number of furan rings is 1. The zero-order chi connectivity index (χ0) is 21.3. The van der Waals surface area contributed by atoms with Crippen molar-refractivity contribution in [2.75, 3.05) is 39.4 Å². The van der Waals surface area contributed by atoms with Crippen molar-refractivity contribution < 1.29 is 18.7 Å². The van der Waals surface area contributed by atoms with Gasteiger partial charge in [0, 0.05) is 32.7 Å². The smallest absolute Gasteiger partial charge is 0.289 e. The maximum Gasteiger partial charge on any atom is 0.289 e. The Morgan fingerprint density at radius 2 is 1.77 bits per heavy atom. The molecule has 0 radical (unpaired) electrons. The highest BCUT2D eigenvalue weighted by atomic mass is 16.5. The summed E-state index contributed by atoms with van der Waals surface area (Å²) in [5, 5.41) is 0. The van der Waals surface area contributed by atoms with Crippen LogP contribution in [0.1, 0.15) is 22.5 Å². The molecule has 3 aromatic rings. The van der Waals surface area contributed by atoms with Crippen LogP contribution in [0.2, 0.25) is 0 Å². The molecule has 2 aromatic carbocycles. The van der Waals surface area contributed by atoms with E-state index in [0.717, 1.165) is 56.3 Å². The summed E-state index contributed by atoms with van der Waals surface area (Å²) in [5.74, 6) is 1.81. The lowest BCUT2D eigenvalue weighted by molar-refractivity contribution is 0.0354. The molecular weight excluding hydrogens is 392 g/mol. The van der Waals surface area contributed by atoms with E-state index in [1.54, 1.807) is 12.1 Å². The molecule has 0 bridgehead atoms. The zero-order valence-corrected chi connectivity index (χ0v) is 17.6. The van der Waals surface area contributed by atoms with Crippen molar-refractivity contribution in [2.45, 2.75) is 13.0 Å². The van der Waals surface area contributed by atoms with Gasteiger partial charge in [-0.3, -0.25) is 9.69 Å². The van der Waals surface area contributed by atoms with Crippen LogP contribution < -0.4 is 4.74 Å². The van der Waals surface area contributed by atoms with E-state index in [1.807, 2.05) is 59.5 Å². The second-order valence-electron chi connectivity index (χ2n) is 7.57. The first-order chi connectivity index (χ1) is 15.3. The molecule has 2 heterocycles. The first kappa shape index (κ1) is 21.2. The fraction of sp³-hybridized carbons (Fsp3) is 0.320. The van der Waals surface area contributed by atoms with Crippen LogP contribution in [-0.2, 0) is 11.3 Å². The Morgan fingerprint density at radius 1 is 0.968 bits per heavy atom. The number of hydrogen-bond donors (Lipinski definition) is 0. The van der Waals surface area contributed by atoms with Gasteiger partial charge in [-0.2, -0.15) is 0 Å². The molecule has 1 amide bonds. The van der Waals surface area contributed by atoms with Crippen LogP contribution >= 0.6 is 0 Å². The summed E-state index contributed by atoms with van der Waals surface area (Å²) in [6.45, 7) is 5.56. The van der Waals surface area contributed by atoms with E-state index in [1.165, 1.54) is 6.26 Å². The van der Waals surface area contributed by atoms with Gasteiger partial charge in [0.1, 0.15) is 11.5 Å². The van der Waals surface area contributed by atoms with E-state index in [9.17, 15) is 4.79 Å². The van der Waals surface area contributed by atoms with Crippen LogP contribution in [-0.4, -0.2) is 55.1 Å². The van der Waals surface area contributed by atoms with E-state index >= 15 is 0 Å². The highest BCUT2D eigenvalue weighted by molar-refractivity contribution is 5.91. The number of rotatable bonds is 9. The summed E-state index contributed by atoms with van der Waals surface area (Å²) in [6.07, 6.45) is 2.43. The SMILES string of the molecule is O=C(c1ccco1)N(CCCN1CCOCC1)Cc1cccc(Oc2ccccc2)c1. The van der Waals surface area contributed by atoms with Crippen molar-refractivity contribution in [3.05, 3.63) is 84.3 Å². The molecule has 1 fully saturated rings. The Labute approximate surface area is 183 Å². The minimum Gasteiger partial charge on any atom is -0.459 e. The van der Waals surface area contributed by atoms with Crippen LogP contribution in [0, 0.1) is 0 Å². The summed E-state index contributed by atoms with van der Waals surface area (Å²) >= 11 is 0. The predicted molar refractivity (Wildman–Crippen MR) is 118 cm³/mol. The van der Waals surface area contributed by atoms with Gasteiger partial charge in [-0.05, 0) is 48.4 Å². The number of carbonyl (C=O) groups excluding carboxylic acids is 1. The number of nitrogens with zero attached hydrogens (tertiary/aromatic N) is 2. The van der Waals surface area contributed by atoms with Gasteiger partial charge in [0.25, 0.3) is 5.91 Å². The van der Waals surface area contributed by atoms with Crippen molar-refractivity contribution in [1.82, 2.24) is 9.80 Å². The molecule has 0 aliphatic carbocycles. The first-order valence-electron chi connectivity index (χ1n) is 10.7. The van der Waals surface area contributed by atoms with E-state index in [4.69, 9.17) is 13.9 Å². The molecule has 0 atom stereocenters. The number of ether oxygens (including phenoxy) is 2. The maximum absolute atomic E-state index is 13.0. The molecule has 0 N–H and O–H groups in total. The number of para-hydroxylation sites is 1. The molecule has 0 unspecified atom stereocenters. The molecule has 1 aliphatic heterocycles. The van der Waals surface area contributed by atoms with Crippen molar-refractivity contribution in [3.63, 3.8) is 0 Å². The summed E-state index contributed by atoms with van der Waals surface area (Å²) in [4.78, 5) is 17.3. The molecule has 6 heteroatoms. The molecule has 0 spiro atoms. The van der Waals surface area contributed by atoms with Crippen molar-refractivity contribution in [1.29, 1.82) is 0 Å². The largest absolute Gasteiger partial charge is 0.459 e. The molecule has 1 aromatic heterocycles. The molecular formula is C25H28N2O4. The number of carbonyl (C=O) groups is 1. The fourth-order valence-electron chi connectivity index (χ4n) is 3.67. The van der Waals surface area contributed by atoms with Crippen LogP contribution in [0.5, 0.6) is 11.5 Å². The third kappa shape index (κ3) is 6.20. The van der Waals surface area contributed by atoms with Gasteiger partial charge in [0.15, 0.2) is 5.76 Å². The average molecular weight is 421 g/mol. The summed E-state index contributed by atoms with van der Waals surface area (Å²) in [7, 11) is 0. The summed E-state index contributed by atoms with van der Waals surface area (Å²) in [5.41, 5.74) is 1.01. The lowest BCUT2D eigenvalue weighted by Crippen LogP contribution is -2.39. The molecule has 31 heavy (non-hydrogen) atoms. The standard InChI is InChI=1S/C25H28N2O4/c28-25(24-11-5-16-30-24)27(13-6-12-26-14-17-29-18-15-26)20-21-7-4-10-23(19-21)31-22-8-2-1-3-9-22/h1-5,7-11,16,19H,6,12-15,17-18,20H2. The first-order valence-corrected chi connectivity index (χ1v) is 10.7. The highest BCUT2D eigenvalue weighted by Gasteiger charge is 2.19. The molecule has 0 saturated carbocycles. The van der Waals surface area contributed by atoms with Crippen molar-refractivity contribution >= 4 is 5.91 Å². The molecule has 1 saturated heterocycles. The van der Waals surface area contributed by atoms with Gasteiger partial charge in [-0.1, -0.05) is 30.3 Å². The Hall–Kier alpha value is -3.09. The van der Waals surface area contributed by atoms with Crippen LogP contribution in [0.4, 0.5) is 0 Å². The molecule has 162 valence electrons. The minimum absolute atomic E-state index is 0.0960. The average Bonchev–Trinajstić information content (AvgIpc) is 3.35. The minimum atomic E-state index is -0.0960. The third-order valence-electron chi connectivity index (χ3n) is 5.28. The van der Waals surface area contributed by atoms with Crippen LogP contribution in [0.15, 0.2) is 77.4 Å². The Kier molecular flexibility index (Phi) is 7.37. The quantitative estimate of drug-likeness (QED) is 0.512. The highest BCUT2D eigenvalue weighted by Crippen LogP contribution is 2.23. The van der Waals surface area contributed by atoms with Crippen molar-refractivity contribution in [2.24, 2.45) is 0 Å². The number of benzene rings is 2. The Balaban J connectivity index is 1.42. The van der Waals surface area contributed by atoms with Gasteiger partial charge in [0.05, 0.1) is 19.5 Å². The summed E-state index contributed by atoms with van der Waals surface area (Å²) < 4.78 is 16.7. The molecule has 6 nitrogen and oxygen atoms in total. The zero-order valence-electron chi connectivity index (χ0n) is 17.6. The molecule has 4 rings (SSSR count). The Bertz CT molecular complexity index is 937. The maximum atomic E-state index is 13.0. The lowest BCUT2D eigenvalue weighted by Gasteiger charge is -2.28. The van der Waals surface area contributed by atoms with E-state index in [0.29, 0.717) is 18.8 Å². The lowest BCUT2D eigenvalue weighted by atomic mass is 10.2. The van der Waals surface area contributed by atoms with Crippen molar-refractivity contribution in [3.8, 4) is 11.5 Å². The second kappa shape index (κ2) is 10.8. The number of amides is 1.